The smallest absolute Gasteiger partial charge is 0.139 e. The van der Waals surface area contributed by atoms with E-state index in [-0.39, 0.29) is 10.8 Å². The number of anilines is 6. The fourth-order valence-electron chi connectivity index (χ4n) is 11.2. The van der Waals surface area contributed by atoms with E-state index >= 15 is 0 Å². The van der Waals surface area contributed by atoms with Gasteiger partial charge in [0, 0.05) is 45.4 Å². The predicted octanol–water partition coefficient (Wildman–Crippen LogP) is 17.5. The van der Waals surface area contributed by atoms with Crippen LogP contribution in [0.2, 0.25) is 0 Å². The third kappa shape index (κ3) is 7.83. The summed E-state index contributed by atoms with van der Waals surface area (Å²) >= 11 is 0. The van der Waals surface area contributed by atoms with Gasteiger partial charge in [-0.2, -0.15) is 0 Å². The molecule has 0 fully saturated rings. The van der Waals surface area contributed by atoms with E-state index in [1.807, 2.05) is 73.1 Å². The van der Waals surface area contributed by atoms with Crippen LogP contribution in [0.25, 0.3) is 68.4 Å². The number of aromatic nitrogens is 4. The highest BCUT2D eigenvalue weighted by Crippen LogP contribution is 2.52. The zero-order chi connectivity index (χ0) is 50.0. The van der Waals surface area contributed by atoms with Gasteiger partial charge in [0.05, 0.1) is 11.0 Å². The first-order chi connectivity index (χ1) is 36.2. The molecule has 6 heteroatoms. The minimum atomic E-state index is -0.216. The third-order valence-corrected chi connectivity index (χ3v) is 15.1. The third-order valence-electron chi connectivity index (χ3n) is 15.1. The Labute approximate surface area is 432 Å². The molecule has 0 saturated heterocycles. The number of benzene rings is 7. The van der Waals surface area contributed by atoms with Gasteiger partial charge in [0.25, 0.3) is 0 Å². The molecule has 2 aliphatic rings. The molecule has 354 valence electrons. The average Bonchev–Trinajstić information content (AvgIpc) is 3.80. The highest BCUT2D eigenvalue weighted by atomic mass is 15.2. The van der Waals surface area contributed by atoms with Crippen molar-refractivity contribution in [2.75, 3.05) is 9.80 Å². The van der Waals surface area contributed by atoms with Crippen molar-refractivity contribution in [3.8, 4) is 22.3 Å². The minimum Gasteiger partial charge on any atom is -0.279 e. The van der Waals surface area contributed by atoms with Crippen LogP contribution in [0.15, 0.2) is 219 Å². The van der Waals surface area contributed by atoms with Gasteiger partial charge in [-0.3, -0.25) is 9.80 Å². The fraction of sp³-hybridized carbons (Fsp3) is 0.0882. The van der Waals surface area contributed by atoms with Crippen LogP contribution in [0.3, 0.4) is 0 Å². The van der Waals surface area contributed by atoms with E-state index in [2.05, 4.69) is 207 Å². The summed E-state index contributed by atoms with van der Waals surface area (Å²) in [4.78, 5) is 24.1. The minimum absolute atomic E-state index is 0.216. The maximum Gasteiger partial charge on any atom is 0.139 e. The Balaban J connectivity index is 0.719. The van der Waals surface area contributed by atoms with Crippen molar-refractivity contribution in [1.29, 1.82) is 0 Å². The largest absolute Gasteiger partial charge is 0.279 e. The Morgan fingerprint density at radius 2 is 0.689 bits per heavy atom. The summed E-state index contributed by atoms with van der Waals surface area (Å²) in [6.07, 6.45) is 12.6. The summed E-state index contributed by atoms with van der Waals surface area (Å²) in [5.41, 5.74) is 18.5. The van der Waals surface area contributed by atoms with Gasteiger partial charge in [-0.25, -0.2) is 19.9 Å². The molecule has 0 unspecified atom stereocenters. The molecule has 4 aromatic heterocycles. The number of fused-ring (bicyclic) bond motifs is 8. The molecule has 6 nitrogen and oxygen atoms in total. The lowest BCUT2D eigenvalue weighted by Gasteiger charge is -2.26. The van der Waals surface area contributed by atoms with Crippen LogP contribution < -0.4 is 9.80 Å². The molecular formula is C68H52N6. The van der Waals surface area contributed by atoms with Crippen molar-refractivity contribution in [2.45, 2.75) is 38.5 Å². The first kappa shape index (κ1) is 44.7. The molecule has 0 bridgehead atoms. The maximum absolute atomic E-state index is 5.10. The van der Waals surface area contributed by atoms with Crippen LogP contribution >= 0.6 is 0 Å². The molecule has 0 spiro atoms. The summed E-state index contributed by atoms with van der Waals surface area (Å²) in [5, 5.41) is 2.22. The van der Waals surface area contributed by atoms with Gasteiger partial charge >= 0.3 is 0 Å². The highest BCUT2D eigenvalue weighted by molar-refractivity contribution is 5.90. The van der Waals surface area contributed by atoms with Crippen molar-refractivity contribution in [3.05, 3.63) is 263 Å². The second kappa shape index (κ2) is 17.8. The molecule has 0 saturated carbocycles. The second-order valence-electron chi connectivity index (χ2n) is 20.4. The van der Waals surface area contributed by atoms with E-state index in [0.717, 1.165) is 67.6 Å². The van der Waals surface area contributed by atoms with Gasteiger partial charge in [0.2, 0.25) is 0 Å². The topological polar surface area (TPSA) is 58.0 Å². The molecule has 0 radical (unpaired) electrons. The fourth-order valence-corrected chi connectivity index (χ4v) is 11.2. The molecule has 4 heterocycles. The van der Waals surface area contributed by atoms with Gasteiger partial charge in [-0.05, 0) is 152 Å². The van der Waals surface area contributed by atoms with E-state index in [1.54, 1.807) is 0 Å². The Morgan fingerprint density at radius 3 is 1.11 bits per heavy atom. The van der Waals surface area contributed by atoms with Gasteiger partial charge < -0.3 is 0 Å². The Hall–Kier alpha value is -9.26. The summed E-state index contributed by atoms with van der Waals surface area (Å²) < 4.78 is 0. The first-order valence-corrected chi connectivity index (χ1v) is 25.3. The Morgan fingerprint density at radius 1 is 0.324 bits per heavy atom. The molecule has 0 amide bonds. The first-order valence-electron chi connectivity index (χ1n) is 25.3. The van der Waals surface area contributed by atoms with E-state index in [9.17, 15) is 0 Å². The van der Waals surface area contributed by atoms with Crippen LogP contribution in [0.5, 0.6) is 0 Å². The molecule has 0 atom stereocenters. The monoisotopic (exact) mass is 952 g/mol. The van der Waals surface area contributed by atoms with E-state index in [0.29, 0.717) is 0 Å². The van der Waals surface area contributed by atoms with Gasteiger partial charge in [0.15, 0.2) is 0 Å². The number of hydrogen-bond acceptors (Lipinski definition) is 6. The molecule has 2 aliphatic carbocycles. The number of nitrogens with zero attached hydrogens (tertiary/aromatic N) is 6. The van der Waals surface area contributed by atoms with Crippen LogP contribution in [-0.4, -0.2) is 19.9 Å². The average molecular weight is 953 g/mol. The lowest BCUT2D eigenvalue weighted by molar-refractivity contribution is 0.660. The predicted molar refractivity (Wildman–Crippen MR) is 308 cm³/mol. The highest BCUT2D eigenvalue weighted by Gasteiger charge is 2.38. The summed E-state index contributed by atoms with van der Waals surface area (Å²) in [5.74, 6) is 3.32. The summed E-state index contributed by atoms with van der Waals surface area (Å²) in [7, 11) is 0. The molecule has 74 heavy (non-hydrogen) atoms. The van der Waals surface area contributed by atoms with E-state index in [4.69, 9.17) is 19.9 Å². The normalized spacial score (nSPS) is 13.8. The SMILES string of the molecule is CC1(C)c2cc(/C=C/c3ccc(/C=C/c4ccc5c(c4)C(C)(C)c4cc(N(c6ccccn6)c6ccc7ccccc7n6)ccc4-5)cc3)ccc2-c2ccc(N(c3ccccn3)c3ccc4ccccc4n3)cc21. The lowest BCUT2D eigenvalue weighted by atomic mass is 9.81. The standard InChI is InChI=1S/C68H52N6/c1-67(2)57-41-47(27-33-53(57)55-35-31-51(43-59(55)67)73(63-17-9-11-39-69-63)65-37-29-49-13-5-7-15-61(49)71-65)25-23-45-19-21-46(22-20-45)24-26-48-28-34-54-56-36-32-52(44-60(56)68(3,4)58(54)42-48)74(64-18-10-12-40-70-64)66-38-30-50-14-6-8-16-62(50)72-66/h5-44H,1-4H3/b25-23+,26-24+. The lowest BCUT2D eigenvalue weighted by Crippen LogP contribution is -2.17. The molecule has 11 aromatic rings. The number of para-hydroxylation sites is 2. The van der Waals surface area contributed by atoms with Crippen LogP contribution in [-0.2, 0) is 10.8 Å². The number of rotatable bonds is 10. The van der Waals surface area contributed by atoms with Crippen LogP contribution in [0, 0.1) is 0 Å². The molecule has 13 rings (SSSR count). The van der Waals surface area contributed by atoms with E-state index < -0.39 is 0 Å². The molecular weight excluding hydrogens is 901 g/mol. The molecule has 0 N–H and O–H groups in total. The Kier molecular flexibility index (Phi) is 10.7. The second-order valence-corrected chi connectivity index (χ2v) is 20.4. The number of hydrogen-bond donors (Lipinski definition) is 0. The maximum atomic E-state index is 5.10. The quantitative estimate of drug-likeness (QED) is 0.127. The van der Waals surface area contributed by atoms with Gasteiger partial charge in [-0.1, -0.05) is 173 Å². The zero-order valence-corrected chi connectivity index (χ0v) is 41.8. The van der Waals surface area contributed by atoms with E-state index in [1.165, 1.54) is 55.6 Å². The van der Waals surface area contributed by atoms with Crippen molar-refractivity contribution in [3.63, 3.8) is 0 Å². The van der Waals surface area contributed by atoms with Crippen molar-refractivity contribution in [1.82, 2.24) is 19.9 Å². The van der Waals surface area contributed by atoms with Crippen molar-refractivity contribution in [2.24, 2.45) is 0 Å². The van der Waals surface area contributed by atoms with Crippen LogP contribution in [0.4, 0.5) is 34.6 Å². The Bertz CT molecular complexity index is 3760. The molecule has 0 aliphatic heterocycles. The van der Waals surface area contributed by atoms with Crippen molar-refractivity contribution >= 4 is 80.8 Å². The number of pyridine rings is 4. The zero-order valence-electron chi connectivity index (χ0n) is 41.8. The molecule has 7 aromatic carbocycles. The van der Waals surface area contributed by atoms with Crippen molar-refractivity contribution < 1.29 is 0 Å². The van der Waals surface area contributed by atoms with Gasteiger partial charge in [0.1, 0.15) is 23.3 Å². The summed E-state index contributed by atoms with van der Waals surface area (Å²) in [6.45, 7) is 9.34. The van der Waals surface area contributed by atoms with Crippen LogP contribution in [0.1, 0.15) is 72.2 Å². The summed E-state index contributed by atoms with van der Waals surface area (Å²) in [6, 6.07) is 73.1. The van der Waals surface area contributed by atoms with Gasteiger partial charge in [-0.15, -0.1) is 0 Å².